The Morgan fingerprint density at radius 2 is 1.26 bits per heavy atom. The molecule has 0 radical (unpaired) electrons. The molecule has 9 nitrogen and oxygen atoms in total. The summed E-state index contributed by atoms with van der Waals surface area (Å²) in [6, 6.07) is 21.4. The standard InChI is InChI=1S/C26H25N7O2/c34-25(31-22-3-1-2-19(16-22)24-29-14-15-30-24)18-6-10-21(11-7-18)33-26(35)32-20-8-4-17(5-9-20)23-27-12-13-28-23/h1-11,16H,12-15H2,(H,27,28)(H,29,30)(H,31,34)(H2,32,33,35). The third kappa shape index (κ3) is 5.47. The lowest BCUT2D eigenvalue weighted by Crippen LogP contribution is -2.21. The maximum atomic E-state index is 12.7. The molecule has 0 bridgehead atoms. The quantitative estimate of drug-likeness (QED) is 0.382. The number of carbonyl (C=O) groups excluding carboxylic acids is 2. The van der Waals surface area contributed by atoms with Gasteiger partial charge in [-0.05, 0) is 60.7 Å². The van der Waals surface area contributed by atoms with E-state index in [2.05, 4.69) is 36.6 Å². The molecule has 0 spiro atoms. The number of anilines is 3. The summed E-state index contributed by atoms with van der Waals surface area (Å²) < 4.78 is 0. The number of amides is 3. The highest BCUT2D eigenvalue weighted by Crippen LogP contribution is 2.16. The smallest absolute Gasteiger partial charge is 0.323 e. The van der Waals surface area contributed by atoms with Gasteiger partial charge in [-0.1, -0.05) is 12.1 Å². The molecule has 0 atom stereocenters. The molecule has 3 aromatic rings. The summed E-state index contributed by atoms with van der Waals surface area (Å²) in [7, 11) is 0. The van der Waals surface area contributed by atoms with Gasteiger partial charge in [-0.2, -0.15) is 0 Å². The summed E-state index contributed by atoms with van der Waals surface area (Å²) in [5.74, 6) is 1.48. The summed E-state index contributed by atoms with van der Waals surface area (Å²) in [6.45, 7) is 3.20. The molecule has 3 amide bonds. The molecule has 0 unspecified atom stereocenters. The monoisotopic (exact) mass is 467 g/mol. The molecule has 35 heavy (non-hydrogen) atoms. The van der Waals surface area contributed by atoms with Crippen LogP contribution >= 0.6 is 0 Å². The molecule has 5 rings (SSSR count). The first kappa shape index (κ1) is 22.1. The SMILES string of the molecule is O=C(Nc1ccc(C(=O)Nc2cccc(C3=NCCN3)c2)cc1)Nc1ccc(C2=NCCN2)cc1. The molecule has 0 fully saturated rings. The fourth-order valence-electron chi connectivity index (χ4n) is 3.84. The van der Waals surface area contributed by atoms with Crippen molar-refractivity contribution in [2.75, 3.05) is 42.1 Å². The average Bonchev–Trinajstić information content (AvgIpc) is 3.60. The number of aliphatic imine (C=N–C) groups is 2. The van der Waals surface area contributed by atoms with Crippen molar-refractivity contribution in [1.29, 1.82) is 0 Å². The van der Waals surface area contributed by atoms with Crippen LogP contribution in [0.25, 0.3) is 0 Å². The first-order valence-corrected chi connectivity index (χ1v) is 11.4. The Hall–Kier alpha value is -4.66. The van der Waals surface area contributed by atoms with Gasteiger partial charge in [-0.25, -0.2) is 4.79 Å². The van der Waals surface area contributed by atoms with Crippen molar-refractivity contribution in [3.8, 4) is 0 Å². The minimum absolute atomic E-state index is 0.235. The zero-order valence-electron chi connectivity index (χ0n) is 19.0. The Bertz CT molecular complexity index is 1300. The zero-order chi connectivity index (χ0) is 24.0. The molecule has 2 aliphatic rings. The van der Waals surface area contributed by atoms with Crippen molar-refractivity contribution in [2.24, 2.45) is 9.98 Å². The van der Waals surface area contributed by atoms with E-state index in [1.165, 1.54) is 0 Å². The average molecular weight is 468 g/mol. The number of amidine groups is 2. The molecule has 0 aliphatic carbocycles. The van der Waals surface area contributed by atoms with Crippen LogP contribution in [-0.2, 0) is 0 Å². The molecule has 0 saturated heterocycles. The topological polar surface area (TPSA) is 119 Å². The lowest BCUT2D eigenvalue weighted by Gasteiger charge is -2.10. The van der Waals surface area contributed by atoms with Gasteiger partial charge in [-0.3, -0.25) is 14.8 Å². The summed E-state index contributed by atoms with van der Waals surface area (Å²) in [5, 5.41) is 14.9. The van der Waals surface area contributed by atoms with Crippen LogP contribution in [0.5, 0.6) is 0 Å². The van der Waals surface area contributed by atoms with Crippen molar-refractivity contribution < 1.29 is 9.59 Å². The second kappa shape index (κ2) is 10.1. The Kier molecular flexibility index (Phi) is 6.38. The number of rotatable bonds is 6. The van der Waals surface area contributed by atoms with Crippen LogP contribution in [-0.4, -0.2) is 49.8 Å². The van der Waals surface area contributed by atoms with E-state index in [4.69, 9.17) is 0 Å². The maximum Gasteiger partial charge on any atom is 0.323 e. The van der Waals surface area contributed by atoms with Gasteiger partial charge in [0.05, 0.1) is 13.1 Å². The molecule has 9 heteroatoms. The third-order valence-corrected chi connectivity index (χ3v) is 5.56. The van der Waals surface area contributed by atoms with Crippen LogP contribution in [0.4, 0.5) is 21.9 Å². The van der Waals surface area contributed by atoms with Gasteiger partial charge in [0.1, 0.15) is 11.7 Å². The molecular weight excluding hydrogens is 442 g/mol. The highest BCUT2D eigenvalue weighted by atomic mass is 16.2. The van der Waals surface area contributed by atoms with Gasteiger partial charge in [-0.15, -0.1) is 0 Å². The van der Waals surface area contributed by atoms with E-state index < -0.39 is 0 Å². The predicted molar refractivity (Wildman–Crippen MR) is 139 cm³/mol. The number of hydrogen-bond acceptors (Lipinski definition) is 6. The number of nitrogens with zero attached hydrogens (tertiary/aromatic N) is 2. The number of carbonyl (C=O) groups is 2. The predicted octanol–water partition coefficient (Wildman–Crippen LogP) is 3.28. The van der Waals surface area contributed by atoms with Gasteiger partial charge in [0.2, 0.25) is 0 Å². The molecule has 0 aromatic heterocycles. The third-order valence-electron chi connectivity index (χ3n) is 5.56. The summed E-state index contributed by atoms with van der Waals surface area (Å²) in [4.78, 5) is 33.8. The van der Waals surface area contributed by atoms with Crippen molar-refractivity contribution in [2.45, 2.75) is 0 Å². The van der Waals surface area contributed by atoms with Gasteiger partial charge < -0.3 is 26.6 Å². The lowest BCUT2D eigenvalue weighted by atomic mass is 10.1. The van der Waals surface area contributed by atoms with Crippen LogP contribution in [0.2, 0.25) is 0 Å². The molecule has 176 valence electrons. The van der Waals surface area contributed by atoms with Gasteiger partial charge in [0.25, 0.3) is 5.91 Å². The first-order valence-electron chi connectivity index (χ1n) is 11.4. The molecule has 0 saturated carbocycles. The minimum atomic E-state index is -0.369. The van der Waals surface area contributed by atoms with E-state index in [1.807, 2.05) is 48.5 Å². The second-order valence-electron chi connectivity index (χ2n) is 8.08. The number of urea groups is 1. The van der Waals surface area contributed by atoms with Crippen molar-refractivity contribution >= 4 is 40.7 Å². The van der Waals surface area contributed by atoms with Crippen LogP contribution in [0.1, 0.15) is 21.5 Å². The number of benzene rings is 3. The molecular formula is C26H25N7O2. The lowest BCUT2D eigenvalue weighted by molar-refractivity contribution is 0.102. The Labute approximate surface area is 202 Å². The van der Waals surface area contributed by atoms with E-state index in [0.29, 0.717) is 22.6 Å². The summed E-state index contributed by atoms with van der Waals surface area (Å²) >= 11 is 0. The highest BCUT2D eigenvalue weighted by molar-refractivity contribution is 6.06. The van der Waals surface area contributed by atoms with E-state index >= 15 is 0 Å². The van der Waals surface area contributed by atoms with Crippen LogP contribution < -0.4 is 26.6 Å². The van der Waals surface area contributed by atoms with E-state index in [1.54, 1.807) is 24.3 Å². The van der Waals surface area contributed by atoms with Crippen molar-refractivity contribution in [3.63, 3.8) is 0 Å². The van der Waals surface area contributed by atoms with Crippen LogP contribution in [0.3, 0.4) is 0 Å². The molecule has 3 aromatic carbocycles. The number of hydrogen-bond donors (Lipinski definition) is 5. The molecule has 5 N–H and O–H groups in total. The molecule has 2 aliphatic heterocycles. The summed E-state index contributed by atoms with van der Waals surface area (Å²) in [6.07, 6.45) is 0. The number of nitrogens with one attached hydrogen (secondary N) is 5. The van der Waals surface area contributed by atoms with E-state index in [0.717, 1.165) is 49.0 Å². The normalized spacial score (nSPS) is 14.3. The fourth-order valence-corrected chi connectivity index (χ4v) is 3.84. The van der Waals surface area contributed by atoms with Crippen LogP contribution in [0.15, 0.2) is 82.8 Å². The van der Waals surface area contributed by atoms with Crippen molar-refractivity contribution in [1.82, 2.24) is 10.6 Å². The summed E-state index contributed by atoms with van der Waals surface area (Å²) in [5.41, 5.74) is 4.33. The van der Waals surface area contributed by atoms with E-state index in [-0.39, 0.29) is 11.9 Å². The first-order chi connectivity index (χ1) is 17.1. The Morgan fingerprint density at radius 1 is 0.657 bits per heavy atom. The van der Waals surface area contributed by atoms with Gasteiger partial charge >= 0.3 is 6.03 Å². The maximum absolute atomic E-state index is 12.7. The zero-order valence-corrected chi connectivity index (χ0v) is 19.0. The Morgan fingerprint density at radius 3 is 1.86 bits per heavy atom. The van der Waals surface area contributed by atoms with Gasteiger partial charge in [0, 0.05) is 46.8 Å². The molecule has 2 heterocycles. The minimum Gasteiger partial charge on any atom is -0.368 e. The van der Waals surface area contributed by atoms with Crippen LogP contribution in [0, 0.1) is 0 Å². The van der Waals surface area contributed by atoms with E-state index in [9.17, 15) is 9.59 Å². The van der Waals surface area contributed by atoms with Crippen molar-refractivity contribution in [3.05, 3.63) is 89.5 Å². The fraction of sp³-hybridized carbons (Fsp3) is 0.154. The Balaban J connectivity index is 1.15. The largest absolute Gasteiger partial charge is 0.368 e. The highest BCUT2D eigenvalue weighted by Gasteiger charge is 2.12. The van der Waals surface area contributed by atoms with Gasteiger partial charge in [0.15, 0.2) is 0 Å². The second-order valence-corrected chi connectivity index (χ2v) is 8.08.